The first-order valence-electron chi connectivity index (χ1n) is 4.97. The maximum Gasteiger partial charge on any atom is 0.358 e. The number of hydrogen-bond acceptors (Lipinski definition) is 5. The molecule has 0 aliphatic carbocycles. The van der Waals surface area contributed by atoms with Gasteiger partial charge < -0.3 is 10.5 Å². The van der Waals surface area contributed by atoms with E-state index >= 15 is 0 Å². The fourth-order valence-electron chi connectivity index (χ4n) is 1.40. The van der Waals surface area contributed by atoms with E-state index < -0.39 is 5.97 Å². The number of rotatable bonds is 3. The highest BCUT2D eigenvalue weighted by Gasteiger charge is 2.13. The van der Waals surface area contributed by atoms with Crippen molar-refractivity contribution < 1.29 is 9.53 Å². The third-order valence-electron chi connectivity index (χ3n) is 2.13. The molecular formula is C10H12N4O2. The first kappa shape index (κ1) is 10.6. The standard InChI is InChI=1S/C10H12N4O2/c1-2-16-10(15)8-5-9-12-4-3-7(6-11)14(9)13-8/h3-5H,2,6,11H2,1H3. The van der Waals surface area contributed by atoms with Gasteiger partial charge >= 0.3 is 5.97 Å². The van der Waals surface area contributed by atoms with Crippen molar-refractivity contribution in [2.24, 2.45) is 5.73 Å². The Morgan fingerprint density at radius 2 is 2.44 bits per heavy atom. The Labute approximate surface area is 92.0 Å². The number of hydrogen-bond donors (Lipinski definition) is 1. The zero-order valence-corrected chi connectivity index (χ0v) is 8.88. The number of carbonyl (C=O) groups excluding carboxylic acids is 1. The Morgan fingerprint density at radius 3 is 3.12 bits per heavy atom. The van der Waals surface area contributed by atoms with E-state index in [4.69, 9.17) is 10.5 Å². The molecule has 0 unspecified atom stereocenters. The molecule has 0 saturated heterocycles. The minimum absolute atomic E-state index is 0.246. The molecule has 0 fully saturated rings. The fourth-order valence-corrected chi connectivity index (χ4v) is 1.40. The summed E-state index contributed by atoms with van der Waals surface area (Å²) in [6, 6.07) is 3.34. The number of esters is 1. The molecule has 2 aromatic heterocycles. The summed E-state index contributed by atoms with van der Waals surface area (Å²) >= 11 is 0. The average molecular weight is 220 g/mol. The van der Waals surface area contributed by atoms with Crippen LogP contribution in [-0.2, 0) is 11.3 Å². The zero-order chi connectivity index (χ0) is 11.5. The van der Waals surface area contributed by atoms with Gasteiger partial charge in [-0.1, -0.05) is 0 Å². The third-order valence-corrected chi connectivity index (χ3v) is 2.13. The molecule has 0 atom stereocenters. The molecule has 84 valence electrons. The van der Waals surface area contributed by atoms with E-state index in [1.54, 1.807) is 29.8 Å². The van der Waals surface area contributed by atoms with Crippen LogP contribution in [-0.4, -0.2) is 27.2 Å². The van der Waals surface area contributed by atoms with E-state index in [9.17, 15) is 4.79 Å². The van der Waals surface area contributed by atoms with E-state index in [0.29, 0.717) is 18.8 Å². The van der Waals surface area contributed by atoms with Gasteiger partial charge in [0.15, 0.2) is 11.3 Å². The molecule has 0 bridgehead atoms. The number of aromatic nitrogens is 3. The van der Waals surface area contributed by atoms with E-state index in [-0.39, 0.29) is 5.69 Å². The van der Waals surface area contributed by atoms with Crippen molar-refractivity contribution in [1.82, 2.24) is 14.6 Å². The van der Waals surface area contributed by atoms with Gasteiger partial charge in [0, 0.05) is 18.8 Å². The number of nitrogens with two attached hydrogens (primary N) is 1. The SMILES string of the molecule is CCOC(=O)c1cc2nccc(CN)n2n1. The van der Waals surface area contributed by atoms with Crippen molar-refractivity contribution in [1.29, 1.82) is 0 Å². The van der Waals surface area contributed by atoms with Crippen LogP contribution in [0.2, 0.25) is 0 Å². The Kier molecular flexibility index (Phi) is 2.82. The van der Waals surface area contributed by atoms with Crippen molar-refractivity contribution in [3.63, 3.8) is 0 Å². The van der Waals surface area contributed by atoms with Crippen LogP contribution < -0.4 is 5.73 Å². The smallest absolute Gasteiger partial charge is 0.358 e. The van der Waals surface area contributed by atoms with Crippen LogP contribution in [0, 0.1) is 0 Å². The number of ether oxygens (including phenoxy) is 1. The molecule has 2 heterocycles. The normalized spacial score (nSPS) is 10.6. The van der Waals surface area contributed by atoms with Crippen molar-refractivity contribution in [3.05, 3.63) is 29.7 Å². The molecule has 0 aromatic carbocycles. The number of nitrogens with zero attached hydrogens (tertiary/aromatic N) is 3. The molecule has 0 aliphatic rings. The number of carbonyl (C=O) groups is 1. The van der Waals surface area contributed by atoms with Crippen molar-refractivity contribution in [2.45, 2.75) is 13.5 Å². The first-order chi connectivity index (χ1) is 7.76. The first-order valence-corrected chi connectivity index (χ1v) is 4.97. The van der Waals surface area contributed by atoms with E-state index in [0.717, 1.165) is 5.69 Å². The Balaban J connectivity index is 2.47. The van der Waals surface area contributed by atoms with Gasteiger partial charge in [-0.25, -0.2) is 14.3 Å². The highest BCUT2D eigenvalue weighted by atomic mass is 16.5. The van der Waals surface area contributed by atoms with Crippen LogP contribution in [0.1, 0.15) is 23.1 Å². The van der Waals surface area contributed by atoms with Gasteiger partial charge in [0.1, 0.15) is 0 Å². The summed E-state index contributed by atoms with van der Waals surface area (Å²) in [5, 5.41) is 4.10. The lowest BCUT2D eigenvalue weighted by atomic mass is 10.4. The predicted octanol–water partition coefficient (Wildman–Crippen LogP) is 0.365. The topological polar surface area (TPSA) is 82.5 Å². The molecular weight excluding hydrogens is 208 g/mol. The summed E-state index contributed by atoms with van der Waals surface area (Å²) in [6.45, 7) is 2.41. The second-order valence-electron chi connectivity index (χ2n) is 3.16. The average Bonchev–Trinajstić information content (AvgIpc) is 2.72. The van der Waals surface area contributed by atoms with Gasteiger partial charge in [-0.05, 0) is 13.0 Å². The summed E-state index contributed by atoms with van der Waals surface area (Å²) in [5.41, 5.74) is 7.18. The molecule has 6 nitrogen and oxygen atoms in total. The summed E-state index contributed by atoms with van der Waals surface area (Å²) in [6.07, 6.45) is 1.63. The molecule has 0 amide bonds. The van der Waals surface area contributed by atoms with E-state index in [2.05, 4.69) is 10.1 Å². The second-order valence-corrected chi connectivity index (χ2v) is 3.16. The molecule has 2 rings (SSSR count). The molecule has 0 saturated carbocycles. The lowest BCUT2D eigenvalue weighted by molar-refractivity contribution is 0.0519. The summed E-state index contributed by atoms with van der Waals surface area (Å²) in [4.78, 5) is 15.5. The maximum absolute atomic E-state index is 11.5. The van der Waals surface area contributed by atoms with E-state index in [1.165, 1.54) is 0 Å². The summed E-state index contributed by atoms with van der Waals surface area (Å²) in [5.74, 6) is -0.448. The monoisotopic (exact) mass is 220 g/mol. The Morgan fingerprint density at radius 1 is 1.62 bits per heavy atom. The minimum atomic E-state index is -0.448. The van der Waals surface area contributed by atoms with Crippen molar-refractivity contribution >= 4 is 11.6 Å². The van der Waals surface area contributed by atoms with Crippen LogP contribution >= 0.6 is 0 Å². The molecule has 16 heavy (non-hydrogen) atoms. The van der Waals surface area contributed by atoms with Crippen LogP contribution in [0.5, 0.6) is 0 Å². The largest absolute Gasteiger partial charge is 0.461 e. The van der Waals surface area contributed by atoms with Gasteiger partial charge in [0.05, 0.1) is 12.3 Å². The van der Waals surface area contributed by atoms with Crippen molar-refractivity contribution in [3.8, 4) is 0 Å². The van der Waals surface area contributed by atoms with Crippen LogP contribution in [0.15, 0.2) is 18.3 Å². The Bertz CT molecular complexity index is 521. The number of fused-ring (bicyclic) bond motifs is 1. The maximum atomic E-state index is 11.5. The molecule has 2 N–H and O–H groups in total. The van der Waals surface area contributed by atoms with Crippen molar-refractivity contribution in [2.75, 3.05) is 6.61 Å². The third kappa shape index (κ3) is 1.74. The lowest BCUT2D eigenvalue weighted by Gasteiger charge is -1.99. The quantitative estimate of drug-likeness (QED) is 0.755. The minimum Gasteiger partial charge on any atom is -0.461 e. The summed E-state index contributed by atoms with van der Waals surface area (Å²) < 4.78 is 6.41. The lowest BCUT2D eigenvalue weighted by Crippen LogP contribution is -2.08. The fraction of sp³-hybridized carbons (Fsp3) is 0.300. The van der Waals surface area contributed by atoms with Gasteiger partial charge in [-0.15, -0.1) is 0 Å². The molecule has 0 aliphatic heterocycles. The van der Waals surface area contributed by atoms with Gasteiger partial charge in [0.2, 0.25) is 0 Å². The molecule has 2 aromatic rings. The zero-order valence-electron chi connectivity index (χ0n) is 8.88. The van der Waals surface area contributed by atoms with Crippen LogP contribution in [0.4, 0.5) is 0 Å². The van der Waals surface area contributed by atoms with Crippen LogP contribution in [0.25, 0.3) is 5.65 Å². The highest BCUT2D eigenvalue weighted by Crippen LogP contribution is 2.07. The molecule has 0 radical (unpaired) electrons. The van der Waals surface area contributed by atoms with E-state index in [1.807, 2.05) is 0 Å². The van der Waals surface area contributed by atoms with Crippen LogP contribution in [0.3, 0.4) is 0 Å². The molecule has 6 heteroatoms. The predicted molar refractivity (Wildman–Crippen MR) is 56.8 cm³/mol. The second kappa shape index (κ2) is 4.28. The summed E-state index contributed by atoms with van der Waals surface area (Å²) in [7, 11) is 0. The Hall–Kier alpha value is -1.95. The van der Waals surface area contributed by atoms with Gasteiger partial charge in [0.25, 0.3) is 0 Å². The molecule has 0 spiro atoms. The highest BCUT2D eigenvalue weighted by molar-refractivity contribution is 5.88. The van der Waals surface area contributed by atoms with Gasteiger partial charge in [-0.2, -0.15) is 5.10 Å². The van der Waals surface area contributed by atoms with Gasteiger partial charge in [-0.3, -0.25) is 0 Å².